The molecule has 2 atom stereocenters. The van der Waals surface area contributed by atoms with E-state index in [9.17, 15) is 24.6 Å². The van der Waals surface area contributed by atoms with E-state index in [-0.39, 0.29) is 26.0 Å². The number of hydrogen-bond donors (Lipinski definition) is 4. The Morgan fingerprint density at radius 3 is 2.37 bits per heavy atom. The number of aliphatic hydroxyl groups excluding tert-OH is 1. The fraction of sp³-hybridized carbons (Fsp3) is 0.286. The second kappa shape index (κ2) is 11.9. The molecule has 0 bridgehead atoms. The van der Waals surface area contributed by atoms with Gasteiger partial charge in [-0.2, -0.15) is 0 Å². The van der Waals surface area contributed by atoms with Crippen molar-refractivity contribution in [3.05, 3.63) is 70.2 Å². The molecule has 0 aliphatic carbocycles. The van der Waals surface area contributed by atoms with Crippen molar-refractivity contribution < 1.29 is 29.3 Å². The van der Waals surface area contributed by atoms with Gasteiger partial charge in [-0.05, 0) is 17.2 Å². The van der Waals surface area contributed by atoms with E-state index in [0.717, 1.165) is 15.6 Å². The summed E-state index contributed by atoms with van der Waals surface area (Å²) < 4.78 is 5.75. The monoisotopic (exact) mass is 478 g/mol. The van der Waals surface area contributed by atoms with Crippen LogP contribution in [0.3, 0.4) is 0 Å². The maximum Gasteiger partial charge on any atom is 0.407 e. The average molecular weight is 479 g/mol. The summed E-state index contributed by atoms with van der Waals surface area (Å²) in [7, 11) is 0. The fourth-order valence-corrected chi connectivity index (χ4v) is 3.05. The van der Waals surface area contributed by atoms with Crippen molar-refractivity contribution in [1.82, 2.24) is 10.6 Å². The third-order valence-electron chi connectivity index (χ3n) is 4.13. The molecule has 0 aliphatic heterocycles. The van der Waals surface area contributed by atoms with Crippen molar-refractivity contribution in [2.24, 2.45) is 0 Å². The summed E-state index contributed by atoms with van der Waals surface area (Å²) in [6.07, 6.45) is -2.19. The number of carbonyl (C=O) groups excluding carboxylic acids is 2. The molecular formula is C21H23BrN2O6. The molecular weight excluding hydrogens is 456 g/mol. The number of ether oxygens (including phenoxy) is 1. The van der Waals surface area contributed by atoms with E-state index in [0.29, 0.717) is 0 Å². The number of carbonyl (C=O) groups is 3. The molecule has 2 aromatic carbocycles. The Morgan fingerprint density at radius 1 is 1.03 bits per heavy atom. The van der Waals surface area contributed by atoms with Gasteiger partial charge in [0.05, 0.1) is 12.5 Å². The van der Waals surface area contributed by atoms with E-state index < -0.39 is 30.1 Å². The highest BCUT2D eigenvalue weighted by Gasteiger charge is 2.22. The van der Waals surface area contributed by atoms with Crippen LogP contribution in [0, 0.1) is 0 Å². The summed E-state index contributed by atoms with van der Waals surface area (Å²) in [5, 5.41) is 24.1. The van der Waals surface area contributed by atoms with Crippen molar-refractivity contribution in [3.63, 3.8) is 0 Å². The fourth-order valence-electron chi connectivity index (χ4n) is 2.60. The highest BCUT2D eigenvalue weighted by Crippen LogP contribution is 2.17. The van der Waals surface area contributed by atoms with E-state index in [2.05, 4.69) is 26.6 Å². The zero-order valence-electron chi connectivity index (χ0n) is 16.1. The summed E-state index contributed by atoms with van der Waals surface area (Å²) in [6, 6.07) is 15.1. The molecule has 0 aromatic heterocycles. The second-order valence-corrected chi connectivity index (χ2v) is 7.41. The Labute approximate surface area is 182 Å². The lowest BCUT2D eigenvalue weighted by molar-refractivity contribution is -0.142. The third kappa shape index (κ3) is 8.22. The number of aliphatic carboxylic acids is 1. The van der Waals surface area contributed by atoms with Gasteiger partial charge in [-0.1, -0.05) is 64.5 Å². The minimum absolute atomic E-state index is 0.0819. The van der Waals surface area contributed by atoms with Gasteiger partial charge >= 0.3 is 12.1 Å². The van der Waals surface area contributed by atoms with E-state index in [1.54, 1.807) is 36.4 Å². The number of aliphatic hydroxyl groups is 1. The second-order valence-electron chi connectivity index (χ2n) is 6.55. The summed E-state index contributed by atoms with van der Waals surface area (Å²) in [4.78, 5) is 35.3. The van der Waals surface area contributed by atoms with Crippen molar-refractivity contribution in [1.29, 1.82) is 0 Å². The van der Waals surface area contributed by atoms with Crippen LogP contribution >= 0.6 is 15.9 Å². The molecule has 0 fully saturated rings. The van der Waals surface area contributed by atoms with Crippen LogP contribution < -0.4 is 10.6 Å². The van der Waals surface area contributed by atoms with Crippen LogP contribution in [-0.2, 0) is 27.4 Å². The molecule has 0 saturated heterocycles. The Bertz CT molecular complexity index is 862. The molecule has 2 rings (SSSR count). The van der Waals surface area contributed by atoms with Crippen LogP contribution in [0.1, 0.15) is 17.5 Å². The third-order valence-corrected chi connectivity index (χ3v) is 4.90. The van der Waals surface area contributed by atoms with Crippen LogP contribution in [0.25, 0.3) is 0 Å². The van der Waals surface area contributed by atoms with E-state index in [1.807, 2.05) is 18.2 Å². The molecule has 8 nitrogen and oxygen atoms in total. The molecule has 0 aliphatic rings. The number of nitrogens with one attached hydrogen (secondary N) is 2. The van der Waals surface area contributed by atoms with Crippen molar-refractivity contribution >= 4 is 33.9 Å². The van der Waals surface area contributed by atoms with Crippen LogP contribution in [0.2, 0.25) is 0 Å². The summed E-state index contributed by atoms with van der Waals surface area (Å²) in [5.74, 6) is -1.82. The Hall–Kier alpha value is -2.91. The number of hydrogen-bond acceptors (Lipinski definition) is 5. The van der Waals surface area contributed by atoms with Gasteiger partial charge in [-0.3, -0.25) is 4.79 Å². The normalized spacial score (nSPS) is 12.5. The van der Waals surface area contributed by atoms with Crippen molar-refractivity contribution in [2.45, 2.75) is 31.6 Å². The van der Waals surface area contributed by atoms with Gasteiger partial charge in [0.2, 0.25) is 5.91 Å². The number of carboxylic acids is 1. The van der Waals surface area contributed by atoms with Crippen LogP contribution in [0.15, 0.2) is 59.1 Å². The first-order chi connectivity index (χ1) is 14.3. The largest absolute Gasteiger partial charge is 0.480 e. The Morgan fingerprint density at radius 2 is 1.70 bits per heavy atom. The first-order valence-corrected chi connectivity index (χ1v) is 10.0. The maximum atomic E-state index is 12.1. The SMILES string of the molecule is O=C(C[C@H](O)CNC(=O)OCc1ccccc1)N[C@@H](Cc1ccccc1Br)C(=O)O. The number of alkyl carbamates (subject to hydrolysis) is 1. The molecule has 30 heavy (non-hydrogen) atoms. The van der Waals surface area contributed by atoms with Gasteiger partial charge in [-0.25, -0.2) is 9.59 Å². The minimum atomic E-state index is -1.19. The van der Waals surface area contributed by atoms with E-state index in [4.69, 9.17) is 4.74 Å². The zero-order chi connectivity index (χ0) is 21.9. The van der Waals surface area contributed by atoms with Gasteiger partial charge < -0.3 is 25.6 Å². The number of halogens is 1. The van der Waals surface area contributed by atoms with Crippen molar-refractivity contribution in [3.8, 4) is 0 Å². The Kier molecular flexibility index (Phi) is 9.30. The van der Waals surface area contributed by atoms with Gasteiger partial charge in [0.25, 0.3) is 0 Å². The van der Waals surface area contributed by atoms with Crippen LogP contribution in [-0.4, -0.2) is 46.9 Å². The van der Waals surface area contributed by atoms with Gasteiger partial charge in [0, 0.05) is 17.4 Å². The minimum Gasteiger partial charge on any atom is -0.480 e. The smallest absolute Gasteiger partial charge is 0.407 e. The predicted molar refractivity (Wildman–Crippen MR) is 113 cm³/mol. The average Bonchev–Trinajstić information content (AvgIpc) is 2.72. The molecule has 9 heteroatoms. The van der Waals surface area contributed by atoms with E-state index in [1.165, 1.54) is 0 Å². The molecule has 0 saturated carbocycles. The highest BCUT2D eigenvalue weighted by atomic mass is 79.9. The molecule has 2 aromatic rings. The maximum absolute atomic E-state index is 12.1. The first kappa shape index (κ1) is 23.4. The number of amides is 2. The van der Waals surface area contributed by atoms with Crippen molar-refractivity contribution in [2.75, 3.05) is 6.54 Å². The Balaban J connectivity index is 1.74. The highest BCUT2D eigenvalue weighted by molar-refractivity contribution is 9.10. The predicted octanol–water partition coefficient (Wildman–Crippen LogP) is 2.24. The number of rotatable bonds is 10. The number of benzene rings is 2. The molecule has 4 N–H and O–H groups in total. The van der Waals surface area contributed by atoms with Crippen LogP contribution in [0.4, 0.5) is 4.79 Å². The number of carboxylic acid groups (broad SMARTS) is 1. The molecule has 2 amide bonds. The summed E-state index contributed by atoms with van der Waals surface area (Å²) in [6.45, 7) is -0.123. The zero-order valence-corrected chi connectivity index (χ0v) is 17.7. The van der Waals surface area contributed by atoms with Crippen LogP contribution in [0.5, 0.6) is 0 Å². The summed E-state index contributed by atoms with van der Waals surface area (Å²) in [5.41, 5.74) is 1.55. The summed E-state index contributed by atoms with van der Waals surface area (Å²) >= 11 is 3.34. The lowest BCUT2D eigenvalue weighted by Crippen LogP contribution is -2.44. The molecule has 0 unspecified atom stereocenters. The first-order valence-electron chi connectivity index (χ1n) is 9.23. The molecule has 160 valence electrons. The van der Waals surface area contributed by atoms with Gasteiger partial charge in [0.1, 0.15) is 12.6 Å². The topological polar surface area (TPSA) is 125 Å². The lowest BCUT2D eigenvalue weighted by Gasteiger charge is -2.17. The lowest BCUT2D eigenvalue weighted by atomic mass is 10.1. The van der Waals surface area contributed by atoms with E-state index >= 15 is 0 Å². The molecule has 0 heterocycles. The standard InChI is InChI=1S/C21H23BrN2O6/c22-17-9-5-4-8-15(17)10-18(20(27)28)24-19(26)11-16(25)12-23-21(29)30-13-14-6-2-1-3-7-14/h1-9,16,18,25H,10-13H2,(H,23,29)(H,24,26)(H,27,28)/t16-,18-/m0/s1. The van der Waals surface area contributed by atoms with Gasteiger partial charge in [0.15, 0.2) is 0 Å². The molecule has 0 spiro atoms. The quantitative estimate of drug-likeness (QED) is 0.414. The van der Waals surface area contributed by atoms with Gasteiger partial charge in [-0.15, -0.1) is 0 Å². The molecule has 0 radical (unpaired) electrons.